The lowest BCUT2D eigenvalue weighted by molar-refractivity contribution is 0.164. The van der Waals surface area contributed by atoms with Crippen LogP contribution in [0.3, 0.4) is 0 Å². The average Bonchev–Trinajstić information content (AvgIpc) is 3.48. The Kier molecular flexibility index (Phi) is 5.81. The minimum absolute atomic E-state index is 0.0934. The molecule has 0 saturated carbocycles. The highest BCUT2D eigenvalue weighted by molar-refractivity contribution is 5.96. The Balaban J connectivity index is 1.56. The van der Waals surface area contributed by atoms with Crippen LogP contribution in [0.4, 0.5) is 10.5 Å². The molecule has 7 heteroatoms. The number of urea groups is 1. The van der Waals surface area contributed by atoms with Crippen LogP contribution in [0, 0.1) is 6.92 Å². The third kappa shape index (κ3) is 4.08. The second kappa shape index (κ2) is 9.43. The number of rotatable bonds is 6. The Labute approximate surface area is 215 Å². The normalized spacial score (nSPS) is 17.5. The molecular formula is C30H27N5O2. The van der Waals surface area contributed by atoms with Crippen molar-refractivity contribution in [1.82, 2.24) is 19.9 Å². The van der Waals surface area contributed by atoms with Crippen molar-refractivity contribution in [3.63, 3.8) is 0 Å². The van der Waals surface area contributed by atoms with E-state index >= 15 is 0 Å². The Morgan fingerprint density at radius 2 is 1.54 bits per heavy atom. The molecule has 2 unspecified atom stereocenters. The zero-order valence-electron chi connectivity index (χ0n) is 20.7. The number of para-hydroxylation sites is 1. The van der Waals surface area contributed by atoms with Gasteiger partial charge in [0, 0.05) is 12.2 Å². The van der Waals surface area contributed by atoms with Crippen molar-refractivity contribution in [1.29, 1.82) is 0 Å². The first kappa shape index (κ1) is 22.8. The van der Waals surface area contributed by atoms with E-state index in [9.17, 15) is 4.79 Å². The molecule has 1 saturated heterocycles. The van der Waals surface area contributed by atoms with Crippen molar-refractivity contribution in [2.24, 2.45) is 0 Å². The van der Waals surface area contributed by atoms with E-state index < -0.39 is 6.17 Å². The first-order valence-electron chi connectivity index (χ1n) is 12.3. The highest BCUT2D eigenvalue weighted by atomic mass is 16.5. The highest BCUT2D eigenvalue weighted by Gasteiger charge is 2.49. The van der Waals surface area contributed by atoms with Gasteiger partial charge in [-0.1, -0.05) is 77.5 Å². The first-order chi connectivity index (χ1) is 18.1. The lowest BCUT2D eigenvalue weighted by atomic mass is 10.0. The summed E-state index contributed by atoms with van der Waals surface area (Å²) in [4.78, 5) is 18.1. The maximum atomic E-state index is 14.3. The molecule has 1 aromatic heterocycles. The van der Waals surface area contributed by atoms with Gasteiger partial charge in [-0.2, -0.15) is 0 Å². The van der Waals surface area contributed by atoms with E-state index in [4.69, 9.17) is 4.74 Å². The SMILES string of the molecule is COc1ccc(N2C(=O)N(Cc3ccccc3)C(n3nnc4ccccc43)C2c2ccc(C)cc2)cc1. The molecule has 37 heavy (non-hydrogen) atoms. The summed E-state index contributed by atoms with van der Waals surface area (Å²) in [6.45, 7) is 2.50. The van der Waals surface area contributed by atoms with Gasteiger partial charge in [0.15, 0.2) is 6.17 Å². The fraction of sp³-hybridized carbons (Fsp3) is 0.167. The quantitative estimate of drug-likeness (QED) is 0.288. The number of aromatic nitrogens is 3. The summed E-state index contributed by atoms with van der Waals surface area (Å²) in [5.74, 6) is 0.738. The number of amides is 2. The minimum Gasteiger partial charge on any atom is -0.497 e. The van der Waals surface area contributed by atoms with Crippen LogP contribution in [0.5, 0.6) is 5.75 Å². The number of carbonyl (C=O) groups is 1. The average molecular weight is 490 g/mol. The van der Waals surface area contributed by atoms with Gasteiger partial charge in [0.05, 0.1) is 12.6 Å². The van der Waals surface area contributed by atoms with Crippen LogP contribution in [0.1, 0.15) is 28.9 Å². The largest absolute Gasteiger partial charge is 0.497 e. The fourth-order valence-corrected chi connectivity index (χ4v) is 5.06. The number of methoxy groups -OCH3 is 1. The predicted molar refractivity (Wildman–Crippen MR) is 143 cm³/mol. The summed E-state index contributed by atoms with van der Waals surface area (Å²) in [5, 5.41) is 9.01. The molecule has 2 amide bonds. The predicted octanol–water partition coefficient (Wildman–Crippen LogP) is 6.13. The lowest BCUT2D eigenvalue weighted by Crippen LogP contribution is -2.33. The summed E-state index contributed by atoms with van der Waals surface area (Å²) < 4.78 is 7.27. The summed E-state index contributed by atoms with van der Waals surface area (Å²) in [7, 11) is 1.64. The van der Waals surface area contributed by atoms with Crippen molar-refractivity contribution in [3.05, 3.63) is 120 Å². The maximum absolute atomic E-state index is 14.3. The van der Waals surface area contributed by atoms with E-state index in [2.05, 4.69) is 41.5 Å². The summed E-state index contributed by atoms with van der Waals surface area (Å²) >= 11 is 0. The first-order valence-corrected chi connectivity index (χ1v) is 12.3. The third-order valence-corrected chi connectivity index (χ3v) is 6.92. The molecule has 7 nitrogen and oxygen atoms in total. The highest BCUT2D eigenvalue weighted by Crippen LogP contribution is 2.46. The number of hydrogen-bond donors (Lipinski definition) is 0. The zero-order chi connectivity index (χ0) is 25.4. The van der Waals surface area contributed by atoms with E-state index in [0.717, 1.165) is 39.2 Å². The van der Waals surface area contributed by atoms with Crippen LogP contribution in [-0.2, 0) is 6.54 Å². The van der Waals surface area contributed by atoms with Gasteiger partial charge in [-0.15, -0.1) is 5.10 Å². The molecule has 2 heterocycles. The monoisotopic (exact) mass is 489 g/mol. The second-order valence-corrected chi connectivity index (χ2v) is 9.26. The van der Waals surface area contributed by atoms with Gasteiger partial charge in [0.1, 0.15) is 17.3 Å². The van der Waals surface area contributed by atoms with Crippen LogP contribution in [-0.4, -0.2) is 33.0 Å². The topological polar surface area (TPSA) is 63.5 Å². The van der Waals surface area contributed by atoms with E-state index in [1.165, 1.54) is 0 Å². The van der Waals surface area contributed by atoms with E-state index in [1.54, 1.807) is 7.11 Å². The van der Waals surface area contributed by atoms with Gasteiger partial charge in [-0.05, 0) is 54.4 Å². The molecular weight excluding hydrogens is 462 g/mol. The molecule has 0 aliphatic carbocycles. The lowest BCUT2D eigenvalue weighted by Gasteiger charge is -2.29. The van der Waals surface area contributed by atoms with E-state index in [1.807, 2.05) is 93.3 Å². The number of hydrogen-bond acceptors (Lipinski definition) is 4. The molecule has 0 N–H and O–H groups in total. The van der Waals surface area contributed by atoms with Gasteiger partial charge < -0.3 is 4.74 Å². The maximum Gasteiger partial charge on any atom is 0.327 e. The molecule has 0 radical (unpaired) electrons. The second-order valence-electron chi connectivity index (χ2n) is 9.26. The molecule has 1 fully saturated rings. The molecule has 4 aromatic carbocycles. The van der Waals surface area contributed by atoms with Crippen LogP contribution in [0.25, 0.3) is 11.0 Å². The Bertz CT molecular complexity index is 1530. The number of ether oxygens (including phenoxy) is 1. The van der Waals surface area contributed by atoms with Crippen molar-refractivity contribution >= 4 is 22.8 Å². The molecule has 0 spiro atoms. The summed E-state index contributed by atoms with van der Waals surface area (Å²) in [5.41, 5.74) is 5.70. The number of benzene rings is 4. The molecule has 184 valence electrons. The number of anilines is 1. The number of aryl methyl sites for hydroxylation is 1. The summed E-state index contributed by atoms with van der Waals surface area (Å²) in [6.07, 6.45) is -0.426. The van der Waals surface area contributed by atoms with E-state index in [0.29, 0.717) is 6.54 Å². The van der Waals surface area contributed by atoms with Crippen LogP contribution in [0.2, 0.25) is 0 Å². The molecule has 0 bridgehead atoms. The van der Waals surface area contributed by atoms with Crippen molar-refractivity contribution in [2.75, 3.05) is 12.0 Å². The minimum atomic E-state index is -0.426. The number of carbonyl (C=O) groups excluding carboxylic acids is 1. The van der Waals surface area contributed by atoms with E-state index in [-0.39, 0.29) is 12.1 Å². The molecule has 6 rings (SSSR count). The van der Waals surface area contributed by atoms with Crippen LogP contribution in [0.15, 0.2) is 103 Å². The smallest absolute Gasteiger partial charge is 0.327 e. The standard InChI is InChI=1S/C30H27N5O2/c1-21-12-14-23(15-13-21)28-29(35-27-11-7-6-10-26(27)31-32-35)33(20-22-8-4-3-5-9-22)30(36)34(28)24-16-18-25(37-2)19-17-24/h3-19,28-29H,20H2,1-2H3. The number of nitrogens with zero attached hydrogens (tertiary/aromatic N) is 5. The van der Waals surface area contributed by atoms with Crippen molar-refractivity contribution in [2.45, 2.75) is 25.7 Å². The van der Waals surface area contributed by atoms with Gasteiger partial charge in [-0.3, -0.25) is 9.80 Å². The molecule has 1 aliphatic heterocycles. The van der Waals surface area contributed by atoms with Crippen molar-refractivity contribution in [3.8, 4) is 5.75 Å². The molecule has 5 aromatic rings. The zero-order valence-corrected chi connectivity index (χ0v) is 20.7. The van der Waals surface area contributed by atoms with Gasteiger partial charge in [0.2, 0.25) is 0 Å². The third-order valence-electron chi connectivity index (χ3n) is 6.92. The van der Waals surface area contributed by atoms with Gasteiger partial charge in [0.25, 0.3) is 0 Å². The van der Waals surface area contributed by atoms with Gasteiger partial charge in [-0.25, -0.2) is 9.48 Å². The Morgan fingerprint density at radius 1 is 0.838 bits per heavy atom. The van der Waals surface area contributed by atoms with Gasteiger partial charge >= 0.3 is 6.03 Å². The molecule has 1 aliphatic rings. The molecule has 2 atom stereocenters. The van der Waals surface area contributed by atoms with Crippen molar-refractivity contribution < 1.29 is 9.53 Å². The van der Waals surface area contributed by atoms with Crippen LogP contribution < -0.4 is 9.64 Å². The Morgan fingerprint density at radius 3 is 2.27 bits per heavy atom. The fourth-order valence-electron chi connectivity index (χ4n) is 5.06. The number of fused-ring (bicyclic) bond motifs is 1. The van der Waals surface area contributed by atoms with Crippen LogP contribution >= 0.6 is 0 Å². The Hall–Kier alpha value is -4.65. The summed E-state index contributed by atoms with van der Waals surface area (Å²) in [6, 6.07) is 33.5.